The minimum atomic E-state index is -6.00. The van der Waals surface area contributed by atoms with Gasteiger partial charge in [0.15, 0.2) is 0 Å². The molecule has 0 saturated heterocycles. The molecule has 0 saturated carbocycles. The molecule has 0 bridgehead atoms. The number of carbonyl (C=O) groups excluding carboxylic acids is 4. The lowest BCUT2D eigenvalue weighted by Crippen LogP contribution is -2.24. The summed E-state index contributed by atoms with van der Waals surface area (Å²) in [5.41, 5.74) is 11.0. The van der Waals surface area contributed by atoms with Crippen LogP contribution in [0.1, 0.15) is 72.0 Å². The van der Waals surface area contributed by atoms with Crippen molar-refractivity contribution in [2.45, 2.75) is 13.8 Å². The molecule has 68 heavy (non-hydrogen) atoms. The molecule has 5 aromatic rings. The number of imide groups is 2. The van der Waals surface area contributed by atoms with Crippen LogP contribution in [0, 0.1) is 0 Å². The van der Waals surface area contributed by atoms with Crippen LogP contribution in [0.5, 0.6) is 11.5 Å². The number of carbonyl (C=O) groups is 4. The molecule has 0 atom stereocenters. The predicted octanol–water partition coefficient (Wildman–Crippen LogP) is 11.0. The molecule has 2 aliphatic heterocycles. The predicted molar refractivity (Wildman–Crippen MR) is 258 cm³/mol. The van der Waals surface area contributed by atoms with Crippen LogP contribution in [0.4, 0.5) is 34.3 Å². The second-order valence-electron chi connectivity index (χ2n) is 15.7. The zero-order valence-corrected chi connectivity index (χ0v) is 38.2. The number of halogens is 4. The van der Waals surface area contributed by atoms with Crippen molar-refractivity contribution in [1.82, 2.24) is 9.80 Å². The van der Waals surface area contributed by atoms with E-state index in [0.29, 0.717) is 35.3 Å². The Labute approximate surface area is 391 Å². The molecule has 0 N–H and O–H groups in total. The van der Waals surface area contributed by atoms with Crippen LogP contribution in [-0.2, 0) is 0 Å². The first-order valence-electron chi connectivity index (χ1n) is 21.7. The fraction of sp³-hybridized carbons (Fsp3) is 0.151. The van der Waals surface area contributed by atoms with Gasteiger partial charge in [0, 0.05) is 61.9 Å². The number of hydrogen-bond acceptors (Lipinski definition) is 7. The van der Waals surface area contributed by atoms with Crippen molar-refractivity contribution in [3.63, 3.8) is 0 Å². The van der Waals surface area contributed by atoms with Crippen molar-refractivity contribution in [1.29, 1.82) is 0 Å². The number of amides is 4. The fourth-order valence-corrected chi connectivity index (χ4v) is 8.28. The highest BCUT2D eigenvalue weighted by Crippen LogP contribution is 2.38. The maximum atomic E-state index is 13.0. The zero-order chi connectivity index (χ0) is 48.9. The Kier molecular flexibility index (Phi) is 14.2. The van der Waals surface area contributed by atoms with Gasteiger partial charge in [0.2, 0.25) is 11.4 Å². The lowest BCUT2D eigenvalue weighted by atomic mass is 9.93. The minimum absolute atomic E-state index is 0.289. The average Bonchev–Trinajstić information content (AvgIpc) is 3.69. The first-order valence-corrected chi connectivity index (χ1v) is 21.7. The van der Waals surface area contributed by atoms with E-state index in [1.807, 2.05) is 78.9 Å². The lowest BCUT2D eigenvalue weighted by Gasteiger charge is -2.27. The van der Waals surface area contributed by atoms with Gasteiger partial charge in [-0.25, -0.2) is 0 Å². The molecule has 1 aliphatic carbocycles. The van der Waals surface area contributed by atoms with Crippen molar-refractivity contribution in [2.75, 3.05) is 46.3 Å². The largest absolute Gasteiger partial charge is 0.673 e. The van der Waals surface area contributed by atoms with E-state index in [9.17, 15) is 36.4 Å². The normalized spacial score (nSPS) is 14.4. The molecule has 10 nitrogen and oxygen atoms in total. The standard InChI is InChI=1S/C53H47N4O6.BF4/c1-7-56(38-24-30-45-47(32-38)52(60)54(3)50(45)58)37-22-16-34(17-23-37)42(35-18-26-40(62-5)27-19-35)13-11-14-43(36-20-28-41(63-6)29-21-36)44-12-9-10-15-49(44)57(8-2)39-25-31-46-48(33-39)53(61)55(4)51(46)59;2-1(3,4)5/h9-33H,7-8H2,1-6H3;/q+1;-1. The van der Waals surface area contributed by atoms with Crippen LogP contribution < -0.4 is 14.4 Å². The highest BCUT2D eigenvalue weighted by atomic mass is 19.5. The molecule has 2 heterocycles. The number of ether oxygens (including phenoxy) is 2. The molecule has 5 aromatic carbocycles. The molecule has 346 valence electrons. The number of methoxy groups -OCH3 is 2. The smallest absolute Gasteiger partial charge is 0.497 e. The van der Waals surface area contributed by atoms with Crippen LogP contribution in [0.25, 0.3) is 11.1 Å². The van der Waals surface area contributed by atoms with E-state index in [-0.39, 0.29) is 23.6 Å². The number of anilines is 2. The van der Waals surface area contributed by atoms with Crippen LogP contribution in [0.2, 0.25) is 0 Å². The van der Waals surface area contributed by atoms with Gasteiger partial charge in [-0.15, -0.1) is 0 Å². The molecular formula is C53H47BF4N4O6. The molecular weight excluding hydrogens is 875 g/mol. The summed E-state index contributed by atoms with van der Waals surface area (Å²) >= 11 is 0. The van der Waals surface area contributed by atoms with E-state index in [1.165, 1.54) is 14.1 Å². The quantitative estimate of drug-likeness (QED) is 0.0404. The minimum Gasteiger partial charge on any atom is -0.497 e. The van der Waals surface area contributed by atoms with E-state index in [1.54, 1.807) is 32.4 Å². The van der Waals surface area contributed by atoms with Crippen molar-refractivity contribution in [2.24, 2.45) is 0 Å². The number of para-hydroxylation sites is 1. The number of hydrogen-bond donors (Lipinski definition) is 0. The summed E-state index contributed by atoms with van der Waals surface area (Å²) in [6.07, 6.45) is 14.6. The van der Waals surface area contributed by atoms with E-state index in [4.69, 9.17) is 9.47 Å². The summed E-state index contributed by atoms with van der Waals surface area (Å²) in [5, 5.41) is 0. The number of allylic oxidation sites excluding steroid dienone is 9. The fourth-order valence-electron chi connectivity index (χ4n) is 8.28. The Morgan fingerprint density at radius 3 is 1.71 bits per heavy atom. The zero-order valence-electron chi connectivity index (χ0n) is 38.2. The van der Waals surface area contributed by atoms with Crippen LogP contribution in [0.15, 0.2) is 157 Å². The molecule has 8 rings (SSSR count). The van der Waals surface area contributed by atoms with Gasteiger partial charge in [-0.2, -0.15) is 4.58 Å². The van der Waals surface area contributed by atoms with Gasteiger partial charge in [0.25, 0.3) is 23.6 Å². The third-order valence-electron chi connectivity index (χ3n) is 11.7. The third kappa shape index (κ3) is 10.0. The molecule has 0 radical (unpaired) electrons. The van der Waals surface area contributed by atoms with Gasteiger partial charge < -0.3 is 31.6 Å². The van der Waals surface area contributed by atoms with E-state index >= 15 is 0 Å². The van der Waals surface area contributed by atoms with Crippen LogP contribution >= 0.6 is 0 Å². The molecule has 0 unspecified atom stereocenters. The Morgan fingerprint density at radius 1 is 0.647 bits per heavy atom. The summed E-state index contributed by atoms with van der Waals surface area (Å²) in [7, 11) is 0.313. The van der Waals surface area contributed by atoms with Gasteiger partial charge in [-0.1, -0.05) is 60.7 Å². The first kappa shape index (κ1) is 47.9. The van der Waals surface area contributed by atoms with E-state index in [0.717, 1.165) is 77.5 Å². The van der Waals surface area contributed by atoms with Crippen molar-refractivity contribution in [3.05, 3.63) is 196 Å². The van der Waals surface area contributed by atoms with E-state index in [2.05, 4.69) is 78.0 Å². The topological polar surface area (TPSA) is 99.5 Å². The van der Waals surface area contributed by atoms with Crippen LogP contribution in [-0.4, -0.2) is 92.4 Å². The Balaban J connectivity index is 0.00000130. The highest BCUT2D eigenvalue weighted by molar-refractivity contribution is 6.50. The number of rotatable bonds is 12. The van der Waals surface area contributed by atoms with Crippen molar-refractivity contribution in [3.8, 4) is 11.5 Å². The van der Waals surface area contributed by atoms with Gasteiger partial charge in [0.05, 0.1) is 36.5 Å². The van der Waals surface area contributed by atoms with Gasteiger partial charge in [0.1, 0.15) is 18.0 Å². The molecule has 0 fully saturated rings. The summed E-state index contributed by atoms with van der Waals surface area (Å²) in [6.45, 7) is 5.36. The SMILES string of the molecule is CCN(c1ccc2c(c1)C(=O)N(C)C2=O)c1ccccc1C(=CC=CC(=C1C=CC(=[N+](CC)c2ccc3c(c2)C(=O)N(C)C3=O)C=C1)c1ccc(OC)cc1)c1ccc(OC)cc1.F[B-](F)(F)F. The average molecular weight is 923 g/mol. The van der Waals surface area contributed by atoms with Gasteiger partial charge in [-0.3, -0.25) is 29.0 Å². The summed E-state index contributed by atoms with van der Waals surface area (Å²) < 4.78 is 52.1. The van der Waals surface area contributed by atoms with Crippen molar-refractivity contribution < 1.29 is 50.5 Å². The first-order chi connectivity index (χ1) is 32.6. The number of nitrogens with zero attached hydrogens (tertiary/aromatic N) is 4. The Morgan fingerprint density at radius 2 is 1.16 bits per heavy atom. The maximum absolute atomic E-state index is 13.0. The Hall–Kier alpha value is -8.07. The number of fused-ring (bicyclic) bond motifs is 2. The monoisotopic (exact) mass is 922 g/mol. The second-order valence-corrected chi connectivity index (χ2v) is 15.7. The second kappa shape index (κ2) is 20.2. The molecule has 15 heteroatoms. The molecule has 0 aromatic heterocycles. The van der Waals surface area contributed by atoms with Crippen molar-refractivity contribution >= 4 is 64.8 Å². The lowest BCUT2D eigenvalue weighted by molar-refractivity contribution is -0.434. The summed E-state index contributed by atoms with van der Waals surface area (Å²) in [6, 6.07) is 35.0. The molecule has 4 amide bonds. The number of benzene rings is 5. The van der Waals surface area contributed by atoms with Gasteiger partial charge in [-0.05, 0) is 108 Å². The van der Waals surface area contributed by atoms with Crippen LogP contribution in [0.3, 0.4) is 0 Å². The third-order valence-corrected chi connectivity index (χ3v) is 11.7. The van der Waals surface area contributed by atoms with E-state index < -0.39 is 7.25 Å². The Bertz CT molecular complexity index is 2980. The molecule has 0 spiro atoms. The molecule has 3 aliphatic rings. The van der Waals surface area contributed by atoms with Gasteiger partial charge >= 0.3 is 7.25 Å². The summed E-state index contributed by atoms with van der Waals surface area (Å²) in [4.78, 5) is 55.6. The summed E-state index contributed by atoms with van der Waals surface area (Å²) in [5.74, 6) is 0.299. The maximum Gasteiger partial charge on any atom is 0.673 e. The highest BCUT2D eigenvalue weighted by Gasteiger charge is 2.35.